The molecule has 0 amide bonds. The Labute approximate surface area is 96.5 Å². The number of nitrogens with one attached hydrogen (secondary N) is 1. The van der Waals surface area contributed by atoms with Gasteiger partial charge >= 0.3 is 5.97 Å². The predicted octanol–water partition coefficient (Wildman–Crippen LogP) is 2.97. The van der Waals surface area contributed by atoms with Gasteiger partial charge in [-0.1, -0.05) is 19.1 Å². The lowest BCUT2D eigenvalue weighted by Gasteiger charge is -2.27. The van der Waals surface area contributed by atoms with Crippen LogP contribution >= 0.6 is 0 Å². The van der Waals surface area contributed by atoms with Crippen LogP contribution < -0.4 is 5.32 Å². The number of rotatable bonds is 4. The van der Waals surface area contributed by atoms with E-state index in [9.17, 15) is 9.90 Å². The number of aryl methyl sites for hydroxylation is 2. The van der Waals surface area contributed by atoms with Crippen molar-refractivity contribution < 1.29 is 9.90 Å². The summed E-state index contributed by atoms with van der Waals surface area (Å²) in [5.41, 5.74) is 2.17. The largest absolute Gasteiger partial charge is 0.480 e. The summed E-state index contributed by atoms with van der Waals surface area (Å²) in [7, 11) is 0. The molecular formula is C13H19NO2. The van der Waals surface area contributed by atoms with Gasteiger partial charge in [0.25, 0.3) is 0 Å². The van der Waals surface area contributed by atoms with Crippen molar-refractivity contribution in [3.8, 4) is 0 Å². The number of aliphatic carboxylic acids is 1. The van der Waals surface area contributed by atoms with Crippen molar-refractivity contribution in [1.29, 1.82) is 0 Å². The number of benzene rings is 1. The molecule has 3 nitrogen and oxygen atoms in total. The van der Waals surface area contributed by atoms with Gasteiger partial charge in [-0.25, -0.2) is 4.79 Å². The number of hydrogen-bond acceptors (Lipinski definition) is 2. The van der Waals surface area contributed by atoms with Crippen LogP contribution in [0.2, 0.25) is 0 Å². The SMILES string of the molecule is CCC(C)(Nc1cc(C)ccc1C)C(=O)O. The van der Waals surface area contributed by atoms with E-state index in [1.54, 1.807) is 6.92 Å². The highest BCUT2D eigenvalue weighted by atomic mass is 16.4. The zero-order chi connectivity index (χ0) is 12.3. The molecule has 2 N–H and O–H groups in total. The minimum Gasteiger partial charge on any atom is -0.480 e. The summed E-state index contributed by atoms with van der Waals surface area (Å²) >= 11 is 0. The summed E-state index contributed by atoms with van der Waals surface area (Å²) < 4.78 is 0. The van der Waals surface area contributed by atoms with Crippen molar-refractivity contribution in [2.24, 2.45) is 0 Å². The molecule has 0 aliphatic carbocycles. The Bertz CT molecular complexity index is 401. The van der Waals surface area contributed by atoms with Gasteiger partial charge in [-0.3, -0.25) is 0 Å². The standard InChI is InChI=1S/C13H19NO2/c1-5-13(4,12(15)16)14-11-8-9(2)6-7-10(11)3/h6-8,14H,5H2,1-4H3,(H,15,16). The topological polar surface area (TPSA) is 49.3 Å². The smallest absolute Gasteiger partial charge is 0.329 e. The van der Waals surface area contributed by atoms with E-state index in [0.29, 0.717) is 6.42 Å². The molecule has 16 heavy (non-hydrogen) atoms. The zero-order valence-electron chi connectivity index (χ0n) is 10.3. The Morgan fingerprint density at radius 2 is 2.06 bits per heavy atom. The first kappa shape index (κ1) is 12.6. The zero-order valence-corrected chi connectivity index (χ0v) is 10.3. The molecule has 0 bridgehead atoms. The minimum absolute atomic E-state index is 0.537. The third-order valence-corrected chi connectivity index (χ3v) is 2.98. The third-order valence-electron chi connectivity index (χ3n) is 2.98. The van der Waals surface area contributed by atoms with E-state index in [1.807, 2.05) is 39.0 Å². The summed E-state index contributed by atoms with van der Waals surface area (Å²) in [5, 5.41) is 12.3. The molecule has 1 aromatic rings. The van der Waals surface area contributed by atoms with E-state index in [-0.39, 0.29) is 0 Å². The fraction of sp³-hybridized carbons (Fsp3) is 0.462. The van der Waals surface area contributed by atoms with Gasteiger partial charge in [0.15, 0.2) is 0 Å². The molecule has 1 atom stereocenters. The van der Waals surface area contributed by atoms with Crippen molar-refractivity contribution in [1.82, 2.24) is 0 Å². The highest BCUT2D eigenvalue weighted by molar-refractivity contribution is 5.82. The number of anilines is 1. The molecule has 0 saturated heterocycles. The van der Waals surface area contributed by atoms with E-state index < -0.39 is 11.5 Å². The first-order valence-corrected chi connectivity index (χ1v) is 5.48. The molecule has 0 saturated carbocycles. The molecule has 0 aliphatic rings. The lowest BCUT2D eigenvalue weighted by atomic mass is 9.97. The molecule has 0 aliphatic heterocycles. The van der Waals surface area contributed by atoms with Crippen LogP contribution in [0.15, 0.2) is 18.2 Å². The Hall–Kier alpha value is -1.51. The quantitative estimate of drug-likeness (QED) is 0.821. The second kappa shape index (κ2) is 4.56. The van der Waals surface area contributed by atoms with Gasteiger partial charge in [0.2, 0.25) is 0 Å². The van der Waals surface area contributed by atoms with Gasteiger partial charge in [-0.15, -0.1) is 0 Å². The molecule has 0 radical (unpaired) electrons. The van der Waals surface area contributed by atoms with Crippen molar-refractivity contribution in [2.75, 3.05) is 5.32 Å². The Kier molecular flexibility index (Phi) is 3.58. The normalized spacial score (nSPS) is 14.2. The molecule has 88 valence electrons. The summed E-state index contributed by atoms with van der Waals surface area (Å²) in [6.07, 6.45) is 0.537. The molecule has 1 rings (SSSR count). The Morgan fingerprint density at radius 1 is 1.44 bits per heavy atom. The molecule has 3 heteroatoms. The van der Waals surface area contributed by atoms with Gasteiger partial charge in [-0.2, -0.15) is 0 Å². The summed E-state index contributed by atoms with van der Waals surface area (Å²) in [6.45, 7) is 7.54. The first-order chi connectivity index (χ1) is 7.39. The van der Waals surface area contributed by atoms with Crippen LogP contribution in [0, 0.1) is 13.8 Å². The van der Waals surface area contributed by atoms with Crippen molar-refractivity contribution in [2.45, 2.75) is 39.7 Å². The summed E-state index contributed by atoms with van der Waals surface area (Å²) in [5.74, 6) is -0.823. The molecule has 0 spiro atoms. The van der Waals surface area contributed by atoms with Gasteiger partial charge in [0.05, 0.1) is 0 Å². The summed E-state index contributed by atoms with van der Waals surface area (Å²) in [4.78, 5) is 11.2. The average Bonchev–Trinajstić information content (AvgIpc) is 2.23. The van der Waals surface area contributed by atoms with Crippen molar-refractivity contribution in [3.63, 3.8) is 0 Å². The maximum atomic E-state index is 11.2. The monoisotopic (exact) mass is 221 g/mol. The average molecular weight is 221 g/mol. The highest BCUT2D eigenvalue weighted by Gasteiger charge is 2.31. The van der Waals surface area contributed by atoms with Gasteiger partial charge in [0.1, 0.15) is 5.54 Å². The number of carboxylic acids is 1. The van der Waals surface area contributed by atoms with Gasteiger partial charge in [0, 0.05) is 5.69 Å². The molecule has 0 heterocycles. The van der Waals surface area contributed by atoms with Gasteiger partial charge < -0.3 is 10.4 Å². The fourth-order valence-corrected chi connectivity index (χ4v) is 1.46. The molecule has 1 unspecified atom stereocenters. The van der Waals surface area contributed by atoms with E-state index in [2.05, 4.69) is 5.32 Å². The minimum atomic E-state index is -0.904. The summed E-state index contributed by atoms with van der Waals surface area (Å²) in [6, 6.07) is 5.99. The Balaban J connectivity index is 3.03. The van der Waals surface area contributed by atoms with E-state index in [4.69, 9.17) is 0 Å². The van der Waals surface area contributed by atoms with Crippen molar-refractivity contribution >= 4 is 11.7 Å². The van der Waals surface area contributed by atoms with Crippen LogP contribution in [0.4, 0.5) is 5.69 Å². The first-order valence-electron chi connectivity index (χ1n) is 5.48. The lowest BCUT2D eigenvalue weighted by Crippen LogP contribution is -2.42. The van der Waals surface area contributed by atoms with Crippen LogP contribution in [0.3, 0.4) is 0 Å². The van der Waals surface area contributed by atoms with Crippen LogP contribution in [0.5, 0.6) is 0 Å². The lowest BCUT2D eigenvalue weighted by molar-refractivity contribution is -0.141. The molecule has 1 aromatic carbocycles. The van der Waals surface area contributed by atoms with E-state index in [0.717, 1.165) is 16.8 Å². The molecule has 0 fully saturated rings. The predicted molar refractivity (Wildman–Crippen MR) is 65.9 cm³/mol. The second-order valence-electron chi connectivity index (χ2n) is 4.43. The van der Waals surface area contributed by atoms with Gasteiger partial charge in [-0.05, 0) is 44.4 Å². The van der Waals surface area contributed by atoms with Crippen LogP contribution in [0.1, 0.15) is 31.4 Å². The van der Waals surface area contributed by atoms with Crippen LogP contribution in [-0.2, 0) is 4.79 Å². The maximum Gasteiger partial charge on any atom is 0.329 e. The van der Waals surface area contributed by atoms with Crippen LogP contribution in [-0.4, -0.2) is 16.6 Å². The highest BCUT2D eigenvalue weighted by Crippen LogP contribution is 2.23. The van der Waals surface area contributed by atoms with E-state index >= 15 is 0 Å². The Morgan fingerprint density at radius 3 is 2.56 bits per heavy atom. The molecular weight excluding hydrogens is 202 g/mol. The maximum absolute atomic E-state index is 11.2. The van der Waals surface area contributed by atoms with E-state index in [1.165, 1.54) is 0 Å². The number of carbonyl (C=O) groups is 1. The third kappa shape index (κ3) is 2.54. The number of carboxylic acid groups (broad SMARTS) is 1. The second-order valence-corrected chi connectivity index (χ2v) is 4.43. The number of hydrogen-bond donors (Lipinski definition) is 2. The van der Waals surface area contributed by atoms with Crippen molar-refractivity contribution in [3.05, 3.63) is 29.3 Å². The molecule has 0 aromatic heterocycles. The van der Waals surface area contributed by atoms with Crippen LogP contribution in [0.25, 0.3) is 0 Å². The fourth-order valence-electron chi connectivity index (χ4n) is 1.46.